The van der Waals surface area contributed by atoms with Gasteiger partial charge in [0.2, 0.25) is 0 Å². The van der Waals surface area contributed by atoms with E-state index in [-0.39, 0.29) is 11.4 Å². The quantitative estimate of drug-likeness (QED) is 0.529. The Kier molecular flexibility index (Phi) is 3.31. The van der Waals surface area contributed by atoms with Crippen molar-refractivity contribution in [2.45, 2.75) is 0 Å². The van der Waals surface area contributed by atoms with Crippen LogP contribution in [0.3, 0.4) is 0 Å². The Labute approximate surface area is 137 Å². The predicted octanol–water partition coefficient (Wildman–Crippen LogP) is 1.74. The molecule has 0 aliphatic heterocycles. The molecule has 0 radical (unpaired) electrons. The number of aromatic nitrogens is 3. The van der Waals surface area contributed by atoms with E-state index in [0.29, 0.717) is 16.7 Å². The highest BCUT2D eigenvalue weighted by Crippen LogP contribution is 2.24. The average Bonchev–Trinajstić information content (AvgIpc) is 2.64. The third-order valence-corrected chi connectivity index (χ3v) is 3.85. The molecule has 116 valence electrons. The first kappa shape index (κ1) is 14.1. The first-order valence-corrected chi connectivity index (χ1v) is 7.50. The maximum atomic E-state index is 13.1. The Morgan fingerprint density at radius 3 is 2.38 bits per heavy atom. The molecule has 3 aromatic heterocycles. The summed E-state index contributed by atoms with van der Waals surface area (Å²) in [5.41, 5.74) is 0.719. The number of rotatable bonds is 2. The van der Waals surface area contributed by atoms with Crippen molar-refractivity contribution in [1.29, 1.82) is 0 Å². The van der Waals surface area contributed by atoms with Gasteiger partial charge in [-0.25, -0.2) is 4.98 Å². The standard InChI is InChI=1S/C19H13N3O2/c23-17-15-10-7-11-20-18(15)22(14-8-3-1-4-9-14)19(24)16(17)21-12-5-2-6-13-21/h1-13H. The molecule has 4 aromatic rings. The van der Waals surface area contributed by atoms with Crippen LogP contribution in [0.25, 0.3) is 22.4 Å². The second-order valence-corrected chi connectivity index (χ2v) is 5.31. The average molecular weight is 315 g/mol. The molecule has 0 spiro atoms. The molecule has 0 aliphatic carbocycles. The minimum atomic E-state index is -0.395. The lowest BCUT2D eigenvalue weighted by Crippen LogP contribution is -2.40. The molecule has 0 bridgehead atoms. The van der Waals surface area contributed by atoms with Crippen LogP contribution in [-0.4, -0.2) is 9.55 Å². The van der Waals surface area contributed by atoms with Gasteiger partial charge < -0.3 is 5.11 Å². The van der Waals surface area contributed by atoms with Gasteiger partial charge in [-0.05, 0) is 23.9 Å². The Morgan fingerprint density at radius 1 is 0.917 bits per heavy atom. The van der Waals surface area contributed by atoms with Crippen LogP contribution in [0.2, 0.25) is 0 Å². The fourth-order valence-corrected chi connectivity index (χ4v) is 2.77. The Morgan fingerprint density at radius 2 is 1.62 bits per heavy atom. The van der Waals surface area contributed by atoms with E-state index in [9.17, 15) is 9.90 Å². The Hall–Kier alpha value is -3.47. The lowest BCUT2D eigenvalue weighted by atomic mass is 10.2. The minimum Gasteiger partial charge on any atom is -0.867 e. The van der Waals surface area contributed by atoms with Gasteiger partial charge in [0.15, 0.2) is 12.4 Å². The van der Waals surface area contributed by atoms with Gasteiger partial charge in [0.25, 0.3) is 5.69 Å². The van der Waals surface area contributed by atoms with E-state index in [0.717, 1.165) is 0 Å². The molecule has 0 atom stereocenters. The number of hydrogen-bond donors (Lipinski definition) is 0. The van der Waals surface area contributed by atoms with Crippen LogP contribution >= 0.6 is 0 Å². The van der Waals surface area contributed by atoms with Gasteiger partial charge in [-0.15, -0.1) is 0 Å². The number of benzene rings is 1. The predicted molar refractivity (Wildman–Crippen MR) is 88.3 cm³/mol. The number of para-hydroxylation sites is 1. The molecule has 0 N–H and O–H groups in total. The zero-order valence-electron chi connectivity index (χ0n) is 12.7. The molecule has 1 aromatic carbocycles. The summed E-state index contributed by atoms with van der Waals surface area (Å²) in [6, 6.07) is 18.0. The topological polar surface area (TPSA) is 61.8 Å². The van der Waals surface area contributed by atoms with Crippen LogP contribution in [0.15, 0.2) is 84.0 Å². The monoisotopic (exact) mass is 315 g/mol. The summed E-state index contributed by atoms with van der Waals surface area (Å²) in [6.45, 7) is 0. The van der Waals surface area contributed by atoms with Crippen LogP contribution in [0.5, 0.6) is 5.75 Å². The zero-order chi connectivity index (χ0) is 16.5. The highest BCUT2D eigenvalue weighted by atomic mass is 16.3. The molecule has 24 heavy (non-hydrogen) atoms. The summed E-state index contributed by atoms with van der Waals surface area (Å²) in [7, 11) is 0. The van der Waals surface area contributed by atoms with Gasteiger partial charge in [0.1, 0.15) is 5.65 Å². The molecule has 5 heteroatoms. The molecule has 0 unspecified atom stereocenters. The molecule has 0 aliphatic rings. The van der Waals surface area contributed by atoms with Crippen molar-refractivity contribution in [3.8, 4) is 17.1 Å². The van der Waals surface area contributed by atoms with E-state index in [1.54, 1.807) is 47.4 Å². The fraction of sp³-hybridized carbons (Fsp3) is 0. The van der Waals surface area contributed by atoms with Crippen molar-refractivity contribution in [2.24, 2.45) is 0 Å². The lowest BCUT2D eigenvalue weighted by molar-refractivity contribution is -0.600. The van der Waals surface area contributed by atoms with E-state index >= 15 is 0 Å². The third-order valence-electron chi connectivity index (χ3n) is 3.85. The van der Waals surface area contributed by atoms with Gasteiger partial charge in [-0.2, -0.15) is 4.57 Å². The SMILES string of the molecule is O=c1c(-[n+]2ccccc2)c([O-])c2cccnc2n1-c1ccccc1. The molecular formula is C19H13N3O2. The fourth-order valence-electron chi connectivity index (χ4n) is 2.77. The summed E-state index contributed by atoms with van der Waals surface area (Å²) in [5, 5.41) is 13.3. The van der Waals surface area contributed by atoms with Gasteiger partial charge in [0.05, 0.1) is 5.69 Å². The summed E-state index contributed by atoms with van der Waals surface area (Å²) >= 11 is 0. The summed E-state index contributed by atoms with van der Waals surface area (Å²) in [5.74, 6) is -0.327. The van der Waals surface area contributed by atoms with Gasteiger partial charge in [-0.1, -0.05) is 30.3 Å². The summed E-state index contributed by atoms with van der Waals surface area (Å²) in [6.07, 6.45) is 4.96. The molecule has 5 nitrogen and oxygen atoms in total. The summed E-state index contributed by atoms with van der Waals surface area (Å²) in [4.78, 5) is 17.4. The van der Waals surface area contributed by atoms with Crippen molar-refractivity contribution >= 4 is 11.0 Å². The highest BCUT2D eigenvalue weighted by molar-refractivity contribution is 5.85. The Balaban J connectivity index is 2.18. The number of fused-ring (bicyclic) bond motifs is 1. The van der Waals surface area contributed by atoms with Crippen LogP contribution in [0.4, 0.5) is 0 Å². The van der Waals surface area contributed by atoms with Gasteiger partial charge in [-0.3, -0.25) is 9.36 Å². The number of pyridine rings is 3. The zero-order valence-corrected chi connectivity index (χ0v) is 12.7. The van der Waals surface area contributed by atoms with Gasteiger partial charge >= 0.3 is 5.56 Å². The third kappa shape index (κ3) is 2.14. The normalized spacial score (nSPS) is 10.8. The highest BCUT2D eigenvalue weighted by Gasteiger charge is 2.20. The van der Waals surface area contributed by atoms with Crippen molar-refractivity contribution in [2.75, 3.05) is 0 Å². The molecule has 4 rings (SSSR count). The summed E-state index contributed by atoms with van der Waals surface area (Å²) < 4.78 is 3.03. The molecule has 0 saturated heterocycles. The maximum absolute atomic E-state index is 13.1. The van der Waals surface area contributed by atoms with Crippen molar-refractivity contribution in [3.63, 3.8) is 0 Å². The first-order valence-electron chi connectivity index (χ1n) is 7.50. The molecule has 0 amide bonds. The maximum Gasteiger partial charge on any atom is 0.328 e. The van der Waals surface area contributed by atoms with E-state index in [1.165, 1.54) is 4.57 Å². The first-order chi connectivity index (χ1) is 11.8. The second kappa shape index (κ2) is 5.62. The van der Waals surface area contributed by atoms with E-state index in [4.69, 9.17) is 0 Å². The number of hydrogen-bond acceptors (Lipinski definition) is 3. The van der Waals surface area contributed by atoms with Crippen molar-refractivity contribution in [3.05, 3.63) is 89.6 Å². The minimum absolute atomic E-state index is 0.0833. The van der Waals surface area contributed by atoms with Crippen LogP contribution in [0, 0.1) is 0 Å². The van der Waals surface area contributed by atoms with Crippen LogP contribution in [-0.2, 0) is 0 Å². The second-order valence-electron chi connectivity index (χ2n) is 5.31. The van der Waals surface area contributed by atoms with Crippen LogP contribution in [0.1, 0.15) is 0 Å². The Bertz CT molecular complexity index is 1070. The molecule has 3 heterocycles. The van der Waals surface area contributed by atoms with Gasteiger partial charge in [0, 0.05) is 23.7 Å². The van der Waals surface area contributed by atoms with Crippen LogP contribution < -0.4 is 15.2 Å². The molecule has 0 fully saturated rings. The van der Waals surface area contributed by atoms with E-state index < -0.39 is 5.56 Å². The van der Waals surface area contributed by atoms with E-state index in [2.05, 4.69) is 4.98 Å². The van der Waals surface area contributed by atoms with Crippen molar-refractivity contribution in [1.82, 2.24) is 9.55 Å². The molecular weight excluding hydrogens is 302 g/mol. The largest absolute Gasteiger partial charge is 0.867 e. The number of nitrogens with zero attached hydrogens (tertiary/aromatic N) is 3. The molecule has 0 saturated carbocycles. The van der Waals surface area contributed by atoms with E-state index in [1.807, 2.05) is 36.4 Å². The van der Waals surface area contributed by atoms with Crippen molar-refractivity contribution < 1.29 is 9.67 Å². The lowest BCUT2D eigenvalue weighted by Gasteiger charge is -2.16. The smallest absolute Gasteiger partial charge is 0.328 e.